The Morgan fingerprint density at radius 2 is 1.97 bits per heavy atom. The number of hydrogen-bond donors (Lipinski definition) is 1. The van der Waals surface area contributed by atoms with Crippen LogP contribution in [-0.4, -0.2) is 71.0 Å². The maximum absolute atomic E-state index is 14.6. The molecule has 1 aromatic heterocycles. The van der Waals surface area contributed by atoms with E-state index >= 15 is 0 Å². The Morgan fingerprint density at radius 3 is 2.69 bits per heavy atom. The lowest BCUT2D eigenvalue weighted by Crippen LogP contribution is -2.51. The van der Waals surface area contributed by atoms with Crippen LogP contribution in [0.5, 0.6) is 0 Å². The van der Waals surface area contributed by atoms with E-state index in [0.717, 1.165) is 45.2 Å². The number of piperidine rings is 1. The van der Waals surface area contributed by atoms with Crippen molar-refractivity contribution in [1.82, 2.24) is 19.8 Å². The van der Waals surface area contributed by atoms with Crippen LogP contribution >= 0.6 is 11.6 Å². The SMILES string of the molecule is [C-]#[N+]c1ccc2c(Nc3ccc(Cl)cc3F)nc(N3CCC(N(C)C(=O)C4CCCN4CCC)CC3)nc2c1. The summed E-state index contributed by atoms with van der Waals surface area (Å²) in [5.74, 6) is 0.713. The van der Waals surface area contributed by atoms with Crippen molar-refractivity contribution < 1.29 is 9.18 Å². The molecule has 1 unspecified atom stereocenters. The number of halogens is 2. The molecule has 1 amide bonds. The quantitative estimate of drug-likeness (QED) is 0.364. The second kappa shape index (κ2) is 11.7. The first-order chi connectivity index (χ1) is 18.9. The zero-order chi connectivity index (χ0) is 27.5. The highest BCUT2D eigenvalue weighted by molar-refractivity contribution is 6.30. The number of likely N-dealkylation sites (tertiary alicyclic amines) is 1. The molecule has 0 spiro atoms. The largest absolute Gasteiger partial charge is 0.341 e. The molecule has 3 heterocycles. The van der Waals surface area contributed by atoms with Crippen LogP contribution in [0.4, 0.5) is 27.5 Å². The molecule has 0 radical (unpaired) electrons. The zero-order valence-corrected chi connectivity index (χ0v) is 23.1. The first-order valence-corrected chi connectivity index (χ1v) is 13.9. The highest BCUT2D eigenvalue weighted by Gasteiger charge is 2.35. The highest BCUT2D eigenvalue weighted by Crippen LogP contribution is 2.32. The molecule has 5 rings (SSSR count). The van der Waals surface area contributed by atoms with Gasteiger partial charge in [0.25, 0.3) is 0 Å². The van der Waals surface area contributed by atoms with Crippen molar-refractivity contribution in [3.8, 4) is 0 Å². The first kappa shape index (κ1) is 27.1. The normalized spacial score (nSPS) is 18.3. The number of carbonyl (C=O) groups is 1. The van der Waals surface area contributed by atoms with E-state index in [-0.39, 0.29) is 23.7 Å². The number of nitrogens with one attached hydrogen (secondary N) is 1. The number of anilines is 3. The third-order valence-electron chi connectivity index (χ3n) is 7.78. The molecule has 10 heteroatoms. The van der Waals surface area contributed by atoms with E-state index in [1.807, 2.05) is 11.9 Å². The van der Waals surface area contributed by atoms with Crippen LogP contribution in [0.1, 0.15) is 39.0 Å². The molecule has 2 aliphatic rings. The number of fused-ring (bicyclic) bond motifs is 1. The number of benzene rings is 2. The van der Waals surface area contributed by atoms with Crippen molar-refractivity contribution in [3.05, 3.63) is 58.7 Å². The van der Waals surface area contributed by atoms with Crippen LogP contribution in [0.15, 0.2) is 36.4 Å². The number of aromatic nitrogens is 2. The van der Waals surface area contributed by atoms with Crippen LogP contribution in [0, 0.1) is 12.4 Å². The standard InChI is InChI=1S/C29H33ClFN7O/c1-4-13-37-14-5-6-26(37)28(39)36(3)21-11-15-38(16-12-21)29-34-25-18-20(32-2)8-9-22(25)27(35-29)33-24-10-7-19(30)17-23(24)31/h7-10,17-18,21,26H,4-6,11-16H2,1,3H3,(H,33,34,35). The zero-order valence-electron chi connectivity index (χ0n) is 22.3. The van der Waals surface area contributed by atoms with Crippen LogP contribution in [0.3, 0.4) is 0 Å². The maximum Gasteiger partial charge on any atom is 0.239 e. The van der Waals surface area contributed by atoms with Gasteiger partial charge in [-0.3, -0.25) is 9.69 Å². The van der Waals surface area contributed by atoms with E-state index in [2.05, 4.69) is 26.9 Å². The Kier molecular flexibility index (Phi) is 8.15. The third kappa shape index (κ3) is 5.77. The van der Waals surface area contributed by atoms with Gasteiger partial charge in [0, 0.05) is 36.6 Å². The van der Waals surface area contributed by atoms with E-state index in [1.165, 1.54) is 6.07 Å². The van der Waals surface area contributed by atoms with Crippen molar-refractivity contribution in [3.63, 3.8) is 0 Å². The minimum Gasteiger partial charge on any atom is -0.341 e. The van der Waals surface area contributed by atoms with Gasteiger partial charge in [0.1, 0.15) is 11.6 Å². The summed E-state index contributed by atoms with van der Waals surface area (Å²) in [4.78, 5) is 32.8. The molecule has 0 aliphatic carbocycles. The lowest BCUT2D eigenvalue weighted by molar-refractivity contribution is -0.137. The second-order valence-electron chi connectivity index (χ2n) is 10.3. The molecule has 0 saturated carbocycles. The van der Waals surface area contributed by atoms with E-state index < -0.39 is 5.82 Å². The Bertz CT molecular complexity index is 1400. The molecule has 2 saturated heterocycles. The first-order valence-electron chi connectivity index (χ1n) is 13.5. The topological polar surface area (TPSA) is 69.0 Å². The summed E-state index contributed by atoms with van der Waals surface area (Å²) in [6.45, 7) is 12.9. The lowest BCUT2D eigenvalue weighted by Gasteiger charge is -2.38. The molecule has 0 bridgehead atoms. The van der Waals surface area contributed by atoms with E-state index in [1.54, 1.807) is 30.3 Å². The van der Waals surface area contributed by atoms with Crippen LogP contribution < -0.4 is 10.2 Å². The molecule has 1 N–H and O–H groups in total. The number of amides is 1. The third-order valence-corrected chi connectivity index (χ3v) is 8.02. The molecular weight excluding hydrogens is 517 g/mol. The van der Waals surface area contributed by atoms with Crippen molar-refractivity contribution in [2.45, 2.75) is 51.1 Å². The predicted octanol–water partition coefficient (Wildman–Crippen LogP) is 6.02. The van der Waals surface area contributed by atoms with Gasteiger partial charge in [-0.25, -0.2) is 14.2 Å². The summed E-state index contributed by atoms with van der Waals surface area (Å²) >= 11 is 5.93. The maximum atomic E-state index is 14.6. The number of carbonyl (C=O) groups excluding carboxylic acids is 1. The van der Waals surface area contributed by atoms with Gasteiger partial charge in [0.05, 0.1) is 23.8 Å². The Labute approximate surface area is 233 Å². The average Bonchev–Trinajstić information content (AvgIpc) is 3.41. The van der Waals surface area contributed by atoms with Crippen LogP contribution in [0.25, 0.3) is 15.7 Å². The molecule has 2 aromatic carbocycles. The van der Waals surface area contributed by atoms with Crippen LogP contribution in [0.2, 0.25) is 5.02 Å². The number of hydrogen-bond acceptors (Lipinski definition) is 6. The molecular formula is C29H33ClFN7O. The van der Waals surface area contributed by atoms with Gasteiger partial charge in [0.15, 0.2) is 5.69 Å². The molecule has 8 nitrogen and oxygen atoms in total. The van der Waals surface area contributed by atoms with Gasteiger partial charge in [-0.1, -0.05) is 30.7 Å². The second-order valence-corrected chi connectivity index (χ2v) is 10.7. The minimum atomic E-state index is -0.484. The highest BCUT2D eigenvalue weighted by atomic mass is 35.5. The van der Waals surface area contributed by atoms with Crippen molar-refractivity contribution in [1.29, 1.82) is 0 Å². The van der Waals surface area contributed by atoms with Crippen molar-refractivity contribution >= 4 is 51.6 Å². The Balaban J connectivity index is 1.35. The van der Waals surface area contributed by atoms with Gasteiger partial charge in [0.2, 0.25) is 11.9 Å². The molecule has 204 valence electrons. The lowest BCUT2D eigenvalue weighted by atomic mass is 10.0. The predicted molar refractivity (Wildman–Crippen MR) is 153 cm³/mol. The smallest absolute Gasteiger partial charge is 0.239 e. The van der Waals surface area contributed by atoms with Gasteiger partial charge >= 0.3 is 0 Å². The molecule has 1 atom stereocenters. The van der Waals surface area contributed by atoms with Gasteiger partial charge in [-0.05, 0) is 69.5 Å². The average molecular weight is 550 g/mol. The molecule has 2 aliphatic heterocycles. The fourth-order valence-corrected chi connectivity index (χ4v) is 5.82. The van der Waals surface area contributed by atoms with Gasteiger partial charge in [-0.2, -0.15) is 4.98 Å². The fourth-order valence-electron chi connectivity index (χ4n) is 5.66. The fraction of sp³-hybridized carbons (Fsp3) is 0.448. The van der Waals surface area contributed by atoms with Crippen molar-refractivity contribution in [2.75, 3.05) is 43.4 Å². The van der Waals surface area contributed by atoms with E-state index in [9.17, 15) is 9.18 Å². The summed E-state index contributed by atoms with van der Waals surface area (Å²) in [6, 6.07) is 9.79. The molecule has 3 aromatic rings. The number of likely N-dealkylation sites (N-methyl/N-ethyl adjacent to an activating group) is 1. The summed E-state index contributed by atoms with van der Waals surface area (Å²) in [7, 11) is 1.94. The van der Waals surface area contributed by atoms with E-state index in [0.29, 0.717) is 46.5 Å². The molecule has 39 heavy (non-hydrogen) atoms. The summed E-state index contributed by atoms with van der Waals surface area (Å²) in [5, 5.41) is 4.10. The van der Waals surface area contributed by atoms with Gasteiger partial charge in [-0.15, -0.1) is 0 Å². The van der Waals surface area contributed by atoms with Gasteiger partial charge < -0.3 is 15.1 Å². The van der Waals surface area contributed by atoms with Crippen molar-refractivity contribution in [2.24, 2.45) is 0 Å². The summed E-state index contributed by atoms with van der Waals surface area (Å²) in [5.41, 5.74) is 1.33. The summed E-state index contributed by atoms with van der Waals surface area (Å²) < 4.78 is 14.6. The number of rotatable bonds is 7. The van der Waals surface area contributed by atoms with Crippen LogP contribution in [-0.2, 0) is 4.79 Å². The summed E-state index contributed by atoms with van der Waals surface area (Å²) in [6.07, 6.45) is 4.68. The molecule has 2 fully saturated rings. The van der Waals surface area contributed by atoms with E-state index in [4.69, 9.17) is 28.1 Å². The Hall–Kier alpha value is -3.48. The number of nitrogens with zero attached hydrogens (tertiary/aromatic N) is 6. The minimum absolute atomic E-state index is 0.00431. The monoisotopic (exact) mass is 549 g/mol. The Morgan fingerprint density at radius 1 is 1.18 bits per heavy atom.